The smallest absolute Gasteiger partial charge is 0.183 e. The van der Waals surface area contributed by atoms with Crippen molar-refractivity contribution in [2.75, 3.05) is 25.0 Å². The number of anilines is 1. The van der Waals surface area contributed by atoms with E-state index < -0.39 is 0 Å². The zero-order valence-electron chi connectivity index (χ0n) is 13.0. The predicted octanol–water partition coefficient (Wildman–Crippen LogP) is 4.98. The Kier molecular flexibility index (Phi) is 6.45. The van der Waals surface area contributed by atoms with E-state index >= 15 is 0 Å². The monoisotopic (exact) mass is 369 g/mol. The molecule has 3 nitrogen and oxygen atoms in total. The second-order valence-electron chi connectivity index (χ2n) is 5.35. The van der Waals surface area contributed by atoms with E-state index in [0.717, 1.165) is 28.2 Å². The van der Waals surface area contributed by atoms with Gasteiger partial charge in [0, 0.05) is 10.5 Å². The second-order valence-corrected chi connectivity index (χ2v) is 7.29. The van der Waals surface area contributed by atoms with Crippen LogP contribution < -0.4 is 5.32 Å². The Morgan fingerprint density at radius 1 is 1.33 bits per heavy atom. The van der Waals surface area contributed by atoms with Crippen LogP contribution in [-0.4, -0.2) is 35.6 Å². The number of rotatable bonds is 8. The Morgan fingerprint density at radius 3 is 2.81 bits per heavy atom. The van der Waals surface area contributed by atoms with Gasteiger partial charge in [-0.05, 0) is 57.6 Å². The minimum Gasteiger partial charge on any atom is -0.359 e. The van der Waals surface area contributed by atoms with Crippen molar-refractivity contribution in [3.63, 3.8) is 0 Å². The quantitative estimate of drug-likeness (QED) is 0.710. The van der Waals surface area contributed by atoms with Gasteiger partial charge in [0.1, 0.15) is 0 Å². The van der Waals surface area contributed by atoms with Gasteiger partial charge in [-0.3, -0.25) is 0 Å². The molecule has 0 saturated heterocycles. The Labute approximate surface area is 139 Å². The highest BCUT2D eigenvalue weighted by Crippen LogP contribution is 2.29. The Bertz CT molecular complexity index is 566. The SMILES string of the molecule is CCN(CC)CCCC(C)Nc1nc2ccc(Br)cc2s1. The van der Waals surface area contributed by atoms with Gasteiger partial charge < -0.3 is 10.2 Å². The molecular formula is C16H24BrN3S. The molecule has 5 heteroatoms. The van der Waals surface area contributed by atoms with Crippen LogP contribution in [0.4, 0.5) is 5.13 Å². The van der Waals surface area contributed by atoms with Gasteiger partial charge in [-0.25, -0.2) is 4.98 Å². The molecule has 2 rings (SSSR count). The van der Waals surface area contributed by atoms with Crippen molar-refractivity contribution in [3.8, 4) is 0 Å². The van der Waals surface area contributed by atoms with E-state index in [1.54, 1.807) is 11.3 Å². The Hall–Kier alpha value is -0.650. The van der Waals surface area contributed by atoms with Crippen molar-refractivity contribution in [2.24, 2.45) is 0 Å². The fourth-order valence-electron chi connectivity index (χ4n) is 2.40. The van der Waals surface area contributed by atoms with Crippen LogP contribution in [0.15, 0.2) is 22.7 Å². The van der Waals surface area contributed by atoms with Crippen molar-refractivity contribution in [2.45, 2.75) is 39.7 Å². The van der Waals surface area contributed by atoms with Crippen molar-refractivity contribution in [1.82, 2.24) is 9.88 Å². The van der Waals surface area contributed by atoms with Gasteiger partial charge in [-0.1, -0.05) is 41.1 Å². The lowest BCUT2D eigenvalue weighted by atomic mass is 10.2. The molecule has 116 valence electrons. The number of thiazole rings is 1. The molecule has 0 amide bonds. The summed E-state index contributed by atoms with van der Waals surface area (Å²) < 4.78 is 2.33. The van der Waals surface area contributed by atoms with Crippen molar-refractivity contribution >= 4 is 42.6 Å². The summed E-state index contributed by atoms with van der Waals surface area (Å²) in [4.78, 5) is 7.12. The average Bonchev–Trinajstić information content (AvgIpc) is 2.84. The van der Waals surface area contributed by atoms with Crippen LogP contribution in [0.3, 0.4) is 0 Å². The molecule has 21 heavy (non-hydrogen) atoms. The summed E-state index contributed by atoms with van der Waals surface area (Å²) in [5, 5.41) is 4.56. The van der Waals surface area contributed by atoms with E-state index in [9.17, 15) is 0 Å². The molecule has 0 aliphatic rings. The van der Waals surface area contributed by atoms with E-state index in [-0.39, 0.29) is 0 Å². The summed E-state index contributed by atoms with van der Waals surface area (Å²) in [6.07, 6.45) is 2.41. The van der Waals surface area contributed by atoms with Crippen LogP contribution in [0.5, 0.6) is 0 Å². The molecule has 0 fully saturated rings. The molecule has 2 aromatic rings. The normalized spacial score (nSPS) is 13.0. The molecule has 0 aliphatic carbocycles. The fraction of sp³-hybridized carbons (Fsp3) is 0.562. The van der Waals surface area contributed by atoms with Gasteiger partial charge in [0.25, 0.3) is 0 Å². The maximum Gasteiger partial charge on any atom is 0.183 e. The first-order valence-electron chi connectivity index (χ1n) is 7.67. The number of halogens is 1. The molecular weight excluding hydrogens is 346 g/mol. The van der Waals surface area contributed by atoms with Crippen LogP contribution in [-0.2, 0) is 0 Å². The van der Waals surface area contributed by atoms with Gasteiger partial charge >= 0.3 is 0 Å². The second kappa shape index (κ2) is 8.11. The van der Waals surface area contributed by atoms with Crippen LogP contribution in [0.1, 0.15) is 33.6 Å². The topological polar surface area (TPSA) is 28.2 Å². The number of fused-ring (bicyclic) bond motifs is 1. The van der Waals surface area contributed by atoms with Crippen LogP contribution in [0, 0.1) is 0 Å². The van der Waals surface area contributed by atoms with Gasteiger partial charge in [0.2, 0.25) is 0 Å². The van der Waals surface area contributed by atoms with Gasteiger partial charge in [0.15, 0.2) is 5.13 Å². The molecule has 0 saturated carbocycles. The molecule has 1 aromatic heterocycles. The number of hydrogen-bond donors (Lipinski definition) is 1. The van der Waals surface area contributed by atoms with Crippen molar-refractivity contribution < 1.29 is 0 Å². The number of nitrogens with one attached hydrogen (secondary N) is 1. The summed E-state index contributed by atoms with van der Waals surface area (Å²) in [6, 6.07) is 6.69. The highest BCUT2D eigenvalue weighted by Gasteiger charge is 2.08. The van der Waals surface area contributed by atoms with E-state index in [1.807, 2.05) is 6.07 Å². The first-order valence-corrected chi connectivity index (χ1v) is 9.28. The summed E-state index contributed by atoms with van der Waals surface area (Å²) in [5.74, 6) is 0. The Balaban J connectivity index is 1.85. The van der Waals surface area contributed by atoms with E-state index in [4.69, 9.17) is 0 Å². The molecule has 1 unspecified atom stereocenters. The third kappa shape index (κ3) is 4.94. The maximum absolute atomic E-state index is 4.65. The standard InChI is InChI=1S/C16H24BrN3S/c1-4-20(5-2)10-6-7-12(3)18-16-19-14-9-8-13(17)11-15(14)21-16/h8-9,11-12H,4-7,10H2,1-3H3,(H,18,19). The minimum absolute atomic E-state index is 0.463. The number of nitrogens with zero attached hydrogens (tertiary/aromatic N) is 2. The fourth-order valence-corrected chi connectivity index (χ4v) is 3.93. The maximum atomic E-state index is 4.65. The lowest BCUT2D eigenvalue weighted by Gasteiger charge is -2.19. The summed E-state index contributed by atoms with van der Waals surface area (Å²) >= 11 is 5.23. The summed E-state index contributed by atoms with van der Waals surface area (Å²) in [7, 11) is 0. The van der Waals surface area contributed by atoms with E-state index in [0.29, 0.717) is 6.04 Å². The highest BCUT2D eigenvalue weighted by molar-refractivity contribution is 9.10. The van der Waals surface area contributed by atoms with Crippen LogP contribution >= 0.6 is 27.3 Å². The average molecular weight is 370 g/mol. The zero-order chi connectivity index (χ0) is 15.2. The lowest BCUT2D eigenvalue weighted by molar-refractivity contribution is 0.295. The van der Waals surface area contributed by atoms with E-state index in [1.165, 1.54) is 24.1 Å². The van der Waals surface area contributed by atoms with Gasteiger partial charge in [-0.2, -0.15) is 0 Å². The molecule has 0 aliphatic heterocycles. The zero-order valence-corrected chi connectivity index (χ0v) is 15.4. The van der Waals surface area contributed by atoms with Gasteiger partial charge in [0.05, 0.1) is 10.2 Å². The first kappa shape index (κ1) is 16.7. The molecule has 0 bridgehead atoms. The number of aromatic nitrogens is 1. The molecule has 1 N–H and O–H groups in total. The third-order valence-electron chi connectivity index (χ3n) is 3.73. The Morgan fingerprint density at radius 2 is 2.10 bits per heavy atom. The predicted molar refractivity (Wildman–Crippen MR) is 97.4 cm³/mol. The van der Waals surface area contributed by atoms with Crippen LogP contribution in [0.2, 0.25) is 0 Å². The minimum atomic E-state index is 0.463. The number of benzene rings is 1. The third-order valence-corrected chi connectivity index (χ3v) is 5.17. The molecule has 1 atom stereocenters. The van der Waals surface area contributed by atoms with Crippen molar-refractivity contribution in [1.29, 1.82) is 0 Å². The summed E-state index contributed by atoms with van der Waals surface area (Å²) in [6.45, 7) is 10.2. The highest BCUT2D eigenvalue weighted by atomic mass is 79.9. The van der Waals surface area contributed by atoms with Crippen LogP contribution in [0.25, 0.3) is 10.2 Å². The van der Waals surface area contributed by atoms with E-state index in [2.05, 4.69) is 64.0 Å². The first-order chi connectivity index (χ1) is 10.1. The summed E-state index contributed by atoms with van der Waals surface area (Å²) in [5.41, 5.74) is 1.07. The van der Waals surface area contributed by atoms with Gasteiger partial charge in [-0.15, -0.1) is 0 Å². The number of hydrogen-bond acceptors (Lipinski definition) is 4. The largest absolute Gasteiger partial charge is 0.359 e. The molecule has 1 heterocycles. The lowest BCUT2D eigenvalue weighted by Crippen LogP contribution is -2.25. The molecule has 0 spiro atoms. The van der Waals surface area contributed by atoms with Crippen molar-refractivity contribution in [3.05, 3.63) is 22.7 Å². The molecule has 0 radical (unpaired) electrons. The molecule has 1 aromatic carbocycles.